The zero-order chi connectivity index (χ0) is 16.4. The van der Waals surface area contributed by atoms with Crippen molar-refractivity contribution < 1.29 is 9.59 Å². The van der Waals surface area contributed by atoms with E-state index in [2.05, 4.69) is 21.2 Å². The van der Waals surface area contributed by atoms with Crippen molar-refractivity contribution in [1.29, 1.82) is 0 Å². The number of nitrogens with one attached hydrogen (secondary N) is 1. The molecule has 1 heterocycles. The molecule has 0 aliphatic carbocycles. The van der Waals surface area contributed by atoms with Crippen LogP contribution < -0.4 is 10.2 Å². The van der Waals surface area contributed by atoms with Crippen LogP contribution in [0, 0.1) is 12.8 Å². The zero-order valence-electron chi connectivity index (χ0n) is 12.8. The van der Waals surface area contributed by atoms with Gasteiger partial charge in [-0.1, -0.05) is 33.6 Å². The Bertz CT molecular complexity index is 726. The average Bonchev–Trinajstić information content (AvgIpc) is 2.92. The Labute approximate surface area is 143 Å². The molecule has 5 heteroatoms. The highest BCUT2D eigenvalue weighted by molar-refractivity contribution is 9.10. The van der Waals surface area contributed by atoms with Gasteiger partial charge in [0.1, 0.15) is 5.92 Å². The van der Waals surface area contributed by atoms with Crippen LogP contribution in [0.25, 0.3) is 0 Å². The van der Waals surface area contributed by atoms with Crippen molar-refractivity contribution in [1.82, 2.24) is 0 Å². The van der Waals surface area contributed by atoms with Gasteiger partial charge in [-0.2, -0.15) is 0 Å². The molecule has 118 valence electrons. The van der Waals surface area contributed by atoms with Crippen LogP contribution in [0.1, 0.15) is 12.0 Å². The predicted molar refractivity (Wildman–Crippen MR) is 94.4 cm³/mol. The lowest BCUT2D eigenvalue weighted by molar-refractivity contribution is -0.129. The van der Waals surface area contributed by atoms with Gasteiger partial charge in [0, 0.05) is 22.4 Å². The molecule has 1 saturated heterocycles. The number of hydrogen-bond acceptors (Lipinski definition) is 2. The molecule has 0 spiro atoms. The summed E-state index contributed by atoms with van der Waals surface area (Å²) in [4.78, 5) is 26.6. The molecule has 1 unspecified atom stereocenters. The third-order valence-corrected chi connectivity index (χ3v) is 4.51. The van der Waals surface area contributed by atoms with Crippen LogP contribution in [-0.2, 0) is 9.59 Å². The number of anilines is 2. The number of amides is 2. The first-order chi connectivity index (χ1) is 11.0. The molecule has 3 rings (SSSR count). The van der Waals surface area contributed by atoms with Crippen LogP contribution in [0.3, 0.4) is 0 Å². The fourth-order valence-corrected chi connectivity index (χ4v) is 2.93. The average molecular weight is 373 g/mol. The molecule has 1 atom stereocenters. The Balaban J connectivity index is 1.69. The molecule has 1 fully saturated rings. The summed E-state index contributed by atoms with van der Waals surface area (Å²) in [5, 5.41) is 2.83. The fourth-order valence-electron chi connectivity index (χ4n) is 2.67. The number of nitrogens with zero attached hydrogens (tertiary/aromatic N) is 1. The lowest BCUT2D eigenvalue weighted by Gasteiger charge is -2.17. The Morgan fingerprint density at radius 3 is 2.43 bits per heavy atom. The molecule has 2 aromatic carbocycles. The molecule has 23 heavy (non-hydrogen) atoms. The van der Waals surface area contributed by atoms with Crippen LogP contribution >= 0.6 is 15.9 Å². The number of aryl methyl sites for hydroxylation is 1. The first-order valence-electron chi connectivity index (χ1n) is 7.49. The van der Waals surface area contributed by atoms with Gasteiger partial charge in [-0.05, 0) is 49.7 Å². The summed E-state index contributed by atoms with van der Waals surface area (Å²) in [6.45, 7) is 2.55. The number of halogens is 1. The Kier molecular flexibility index (Phi) is 4.48. The molecule has 2 amide bonds. The normalized spacial score (nSPS) is 17.4. The van der Waals surface area contributed by atoms with Gasteiger partial charge in [0.05, 0.1) is 0 Å². The summed E-state index contributed by atoms with van der Waals surface area (Å²) in [7, 11) is 0. The van der Waals surface area contributed by atoms with Crippen LogP contribution in [0.15, 0.2) is 53.0 Å². The van der Waals surface area contributed by atoms with E-state index in [-0.39, 0.29) is 11.8 Å². The van der Waals surface area contributed by atoms with Crippen LogP contribution in [0.4, 0.5) is 11.4 Å². The van der Waals surface area contributed by atoms with E-state index in [0.29, 0.717) is 13.0 Å². The number of benzene rings is 2. The van der Waals surface area contributed by atoms with Gasteiger partial charge in [-0.15, -0.1) is 0 Å². The highest BCUT2D eigenvalue weighted by Gasteiger charge is 2.37. The van der Waals surface area contributed by atoms with Crippen LogP contribution in [0.5, 0.6) is 0 Å². The van der Waals surface area contributed by atoms with Gasteiger partial charge >= 0.3 is 0 Å². The molecule has 1 aliphatic heterocycles. The van der Waals surface area contributed by atoms with Crippen molar-refractivity contribution in [3.05, 3.63) is 58.6 Å². The lowest BCUT2D eigenvalue weighted by Crippen LogP contribution is -2.33. The van der Waals surface area contributed by atoms with Crippen molar-refractivity contribution in [3.8, 4) is 0 Å². The van der Waals surface area contributed by atoms with E-state index < -0.39 is 5.92 Å². The first-order valence-corrected chi connectivity index (χ1v) is 8.28. The topological polar surface area (TPSA) is 49.4 Å². The number of carbonyl (C=O) groups is 2. The van der Waals surface area contributed by atoms with E-state index in [1.807, 2.05) is 55.5 Å². The highest BCUT2D eigenvalue weighted by atomic mass is 79.9. The molecule has 0 bridgehead atoms. The second kappa shape index (κ2) is 6.54. The van der Waals surface area contributed by atoms with Gasteiger partial charge < -0.3 is 10.2 Å². The van der Waals surface area contributed by atoms with Gasteiger partial charge in [0.25, 0.3) is 0 Å². The Morgan fingerprint density at radius 1 is 1.13 bits per heavy atom. The molecule has 0 saturated carbocycles. The molecule has 1 aliphatic rings. The van der Waals surface area contributed by atoms with Crippen molar-refractivity contribution in [2.75, 3.05) is 16.8 Å². The smallest absolute Gasteiger partial charge is 0.239 e. The minimum Gasteiger partial charge on any atom is -0.325 e. The molecular formula is C18H17BrN2O2. The minimum absolute atomic E-state index is 0.142. The predicted octanol–water partition coefficient (Wildman–Crippen LogP) is 3.75. The number of carbonyl (C=O) groups excluding carboxylic acids is 2. The van der Waals surface area contributed by atoms with Gasteiger partial charge in [0.2, 0.25) is 11.8 Å². The molecule has 2 aromatic rings. The minimum atomic E-state index is -0.625. The summed E-state index contributed by atoms with van der Waals surface area (Å²) in [6.07, 6.45) is 0.534. The van der Waals surface area contributed by atoms with Gasteiger partial charge in [0.15, 0.2) is 0 Å². The maximum absolute atomic E-state index is 12.5. The van der Waals surface area contributed by atoms with Crippen molar-refractivity contribution in [2.45, 2.75) is 13.3 Å². The fraction of sp³-hybridized carbons (Fsp3) is 0.222. The van der Waals surface area contributed by atoms with E-state index >= 15 is 0 Å². The molecule has 1 N–H and O–H groups in total. The molecular weight excluding hydrogens is 356 g/mol. The second-order valence-electron chi connectivity index (χ2n) is 5.66. The van der Waals surface area contributed by atoms with E-state index in [1.165, 1.54) is 0 Å². The molecule has 0 aromatic heterocycles. The first kappa shape index (κ1) is 15.7. The summed E-state index contributed by atoms with van der Waals surface area (Å²) in [5.74, 6) is -1.00. The largest absolute Gasteiger partial charge is 0.325 e. The molecule has 0 radical (unpaired) electrons. The van der Waals surface area contributed by atoms with Crippen LogP contribution in [0.2, 0.25) is 0 Å². The standard InChI is InChI=1S/C18H17BrN2O2/c1-12-2-6-14(7-3-12)20-17(22)16-10-11-21(18(16)23)15-8-4-13(19)5-9-15/h2-9,16H,10-11H2,1H3,(H,20,22). The lowest BCUT2D eigenvalue weighted by atomic mass is 10.1. The van der Waals surface area contributed by atoms with E-state index in [0.717, 1.165) is 21.4 Å². The van der Waals surface area contributed by atoms with Gasteiger partial charge in [-0.3, -0.25) is 9.59 Å². The number of hydrogen-bond donors (Lipinski definition) is 1. The summed E-state index contributed by atoms with van der Waals surface area (Å²) in [6, 6.07) is 15.1. The molecule has 4 nitrogen and oxygen atoms in total. The Hall–Kier alpha value is -2.14. The SMILES string of the molecule is Cc1ccc(NC(=O)C2CCN(c3ccc(Br)cc3)C2=O)cc1. The summed E-state index contributed by atoms with van der Waals surface area (Å²) < 4.78 is 0.960. The summed E-state index contributed by atoms with van der Waals surface area (Å²) >= 11 is 3.38. The van der Waals surface area contributed by atoms with E-state index in [9.17, 15) is 9.59 Å². The second-order valence-corrected chi connectivity index (χ2v) is 6.58. The van der Waals surface area contributed by atoms with Crippen LogP contribution in [-0.4, -0.2) is 18.4 Å². The highest BCUT2D eigenvalue weighted by Crippen LogP contribution is 2.27. The van der Waals surface area contributed by atoms with Crippen molar-refractivity contribution >= 4 is 39.1 Å². The van der Waals surface area contributed by atoms with E-state index in [4.69, 9.17) is 0 Å². The third-order valence-electron chi connectivity index (χ3n) is 3.98. The van der Waals surface area contributed by atoms with Gasteiger partial charge in [-0.25, -0.2) is 0 Å². The number of rotatable bonds is 3. The zero-order valence-corrected chi connectivity index (χ0v) is 14.3. The Morgan fingerprint density at radius 2 is 1.78 bits per heavy atom. The van der Waals surface area contributed by atoms with E-state index in [1.54, 1.807) is 4.90 Å². The maximum atomic E-state index is 12.5. The quantitative estimate of drug-likeness (QED) is 0.834. The monoisotopic (exact) mass is 372 g/mol. The maximum Gasteiger partial charge on any atom is 0.239 e. The van der Waals surface area contributed by atoms with Crippen molar-refractivity contribution in [2.24, 2.45) is 5.92 Å². The summed E-state index contributed by atoms with van der Waals surface area (Å²) in [5.41, 5.74) is 2.67. The van der Waals surface area contributed by atoms with Crippen molar-refractivity contribution in [3.63, 3.8) is 0 Å². The third kappa shape index (κ3) is 3.45.